The molecule has 3 rings (SSSR count). The Morgan fingerprint density at radius 3 is 3.00 bits per heavy atom. The molecule has 0 spiro atoms. The maximum absolute atomic E-state index is 13.2. The maximum atomic E-state index is 13.2. The van der Waals surface area contributed by atoms with Gasteiger partial charge in [0.05, 0.1) is 28.6 Å². The van der Waals surface area contributed by atoms with Gasteiger partial charge < -0.3 is 9.72 Å². The quantitative estimate of drug-likeness (QED) is 0.788. The van der Waals surface area contributed by atoms with Gasteiger partial charge in [-0.1, -0.05) is 17.7 Å². The number of nitrogens with one attached hydrogen (secondary N) is 1. The minimum atomic E-state index is -0.313. The summed E-state index contributed by atoms with van der Waals surface area (Å²) in [5, 5.41) is 3.65. The fourth-order valence-electron chi connectivity index (χ4n) is 2.19. The summed E-state index contributed by atoms with van der Waals surface area (Å²) in [5.41, 5.74) is 3.45. The molecule has 0 saturated carbocycles. The highest BCUT2D eigenvalue weighted by molar-refractivity contribution is 6.33. The van der Waals surface area contributed by atoms with Gasteiger partial charge >= 0.3 is 0 Å². The summed E-state index contributed by atoms with van der Waals surface area (Å²) in [4.78, 5) is 4.48. The highest BCUT2D eigenvalue weighted by Crippen LogP contribution is 2.23. The third-order valence-electron chi connectivity index (χ3n) is 3.20. The predicted molar refractivity (Wildman–Crippen MR) is 78.7 cm³/mol. The third kappa shape index (κ3) is 2.34. The van der Waals surface area contributed by atoms with Crippen LogP contribution < -0.4 is 5.32 Å². The molecule has 0 atom stereocenters. The minimum Gasteiger partial charge on any atom is -0.378 e. The maximum Gasteiger partial charge on any atom is 0.137 e. The number of halogens is 2. The Labute approximate surface area is 121 Å². The number of benzene rings is 1. The van der Waals surface area contributed by atoms with Crippen LogP contribution >= 0.6 is 11.6 Å². The first kappa shape index (κ1) is 12.9. The van der Waals surface area contributed by atoms with Crippen molar-refractivity contribution in [2.75, 3.05) is 5.32 Å². The number of imidazole rings is 1. The average molecular weight is 290 g/mol. The molecule has 1 N–H and O–H groups in total. The Bertz CT molecular complexity index is 767. The smallest absolute Gasteiger partial charge is 0.137 e. The first-order valence-electron chi connectivity index (χ1n) is 6.26. The lowest BCUT2D eigenvalue weighted by molar-refractivity contribution is 0.628. The zero-order chi connectivity index (χ0) is 14.1. The molecule has 0 amide bonds. The van der Waals surface area contributed by atoms with Crippen LogP contribution in [0.5, 0.6) is 0 Å². The Morgan fingerprint density at radius 2 is 2.15 bits per heavy atom. The van der Waals surface area contributed by atoms with Gasteiger partial charge in [-0.25, -0.2) is 9.37 Å². The molecule has 0 bridgehead atoms. The van der Waals surface area contributed by atoms with Crippen LogP contribution in [0.15, 0.2) is 42.6 Å². The van der Waals surface area contributed by atoms with Crippen molar-refractivity contribution in [1.29, 1.82) is 0 Å². The number of aryl methyl sites for hydroxylation is 1. The van der Waals surface area contributed by atoms with Gasteiger partial charge in [-0.15, -0.1) is 0 Å². The molecule has 2 aromatic heterocycles. The van der Waals surface area contributed by atoms with Gasteiger partial charge in [0.1, 0.15) is 11.5 Å². The van der Waals surface area contributed by atoms with E-state index in [4.69, 9.17) is 11.6 Å². The highest BCUT2D eigenvalue weighted by atomic mass is 35.5. The van der Waals surface area contributed by atoms with Crippen LogP contribution in [0.25, 0.3) is 5.65 Å². The number of anilines is 1. The lowest BCUT2D eigenvalue weighted by Crippen LogP contribution is -2.04. The Balaban J connectivity index is 1.90. The van der Waals surface area contributed by atoms with Crippen LogP contribution in [-0.2, 0) is 6.54 Å². The summed E-state index contributed by atoms with van der Waals surface area (Å²) < 4.78 is 15.2. The second kappa shape index (κ2) is 5.13. The molecular formula is C15H13ClFN3. The Morgan fingerprint density at radius 1 is 1.30 bits per heavy atom. The van der Waals surface area contributed by atoms with E-state index < -0.39 is 0 Å². The molecule has 3 aromatic rings. The number of hydrogen-bond donors (Lipinski definition) is 1. The molecule has 0 radical (unpaired) electrons. The summed E-state index contributed by atoms with van der Waals surface area (Å²) in [6.45, 7) is 2.48. The van der Waals surface area contributed by atoms with E-state index in [2.05, 4.69) is 10.3 Å². The molecule has 0 fully saturated rings. The number of hydrogen-bond acceptors (Lipinski definition) is 2. The Hall–Kier alpha value is -2.07. The van der Waals surface area contributed by atoms with Crippen molar-refractivity contribution in [3.8, 4) is 0 Å². The van der Waals surface area contributed by atoms with Gasteiger partial charge in [-0.05, 0) is 37.3 Å². The number of rotatable bonds is 3. The second-order valence-corrected chi connectivity index (χ2v) is 4.96. The van der Waals surface area contributed by atoms with E-state index in [1.54, 1.807) is 6.07 Å². The van der Waals surface area contributed by atoms with Crippen molar-refractivity contribution in [2.45, 2.75) is 13.5 Å². The molecule has 0 unspecified atom stereocenters. The zero-order valence-electron chi connectivity index (χ0n) is 10.9. The first-order valence-corrected chi connectivity index (χ1v) is 6.64. The van der Waals surface area contributed by atoms with Gasteiger partial charge in [0.2, 0.25) is 0 Å². The summed E-state index contributed by atoms with van der Waals surface area (Å²) in [7, 11) is 0. The molecule has 3 nitrogen and oxygen atoms in total. The fourth-order valence-corrected chi connectivity index (χ4v) is 2.37. The van der Waals surface area contributed by atoms with Crippen molar-refractivity contribution in [1.82, 2.24) is 9.38 Å². The monoisotopic (exact) mass is 289 g/mol. The fraction of sp³-hybridized carbons (Fsp3) is 0.133. The van der Waals surface area contributed by atoms with Crippen LogP contribution in [0.2, 0.25) is 5.02 Å². The lowest BCUT2D eigenvalue weighted by atomic mass is 10.3. The van der Waals surface area contributed by atoms with Gasteiger partial charge in [0.15, 0.2) is 0 Å². The van der Waals surface area contributed by atoms with E-state index in [9.17, 15) is 4.39 Å². The molecule has 0 aliphatic heterocycles. The molecule has 20 heavy (non-hydrogen) atoms. The molecule has 0 aliphatic carbocycles. The number of aromatic nitrogens is 2. The van der Waals surface area contributed by atoms with Crippen LogP contribution in [0.3, 0.4) is 0 Å². The van der Waals surface area contributed by atoms with E-state index in [-0.39, 0.29) is 5.82 Å². The molecule has 102 valence electrons. The SMILES string of the molecule is Cc1nc2ccccn2c1CNc1cc(F)ccc1Cl. The summed E-state index contributed by atoms with van der Waals surface area (Å²) in [6.07, 6.45) is 1.96. The molecule has 0 saturated heterocycles. The van der Waals surface area contributed by atoms with E-state index in [1.807, 2.05) is 35.7 Å². The van der Waals surface area contributed by atoms with Crippen molar-refractivity contribution >= 4 is 22.9 Å². The number of pyridine rings is 1. The molecule has 5 heteroatoms. The van der Waals surface area contributed by atoms with Crippen molar-refractivity contribution in [2.24, 2.45) is 0 Å². The van der Waals surface area contributed by atoms with Gasteiger partial charge in [0.25, 0.3) is 0 Å². The number of fused-ring (bicyclic) bond motifs is 1. The largest absolute Gasteiger partial charge is 0.378 e. The van der Waals surface area contributed by atoms with Crippen LogP contribution in [0, 0.1) is 12.7 Å². The highest BCUT2D eigenvalue weighted by Gasteiger charge is 2.09. The van der Waals surface area contributed by atoms with Crippen LogP contribution in [-0.4, -0.2) is 9.38 Å². The molecular weight excluding hydrogens is 277 g/mol. The van der Waals surface area contributed by atoms with Crippen molar-refractivity contribution in [3.05, 3.63) is 64.8 Å². The van der Waals surface area contributed by atoms with Crippen molar-refractivity contribution in [3.63, 3.8) is 0 Å². The van der Waals surface area contributed by atoms with Gasteiger partial charge in [0, 0.05) is 6.20 Å². The summed E-state index contributed by atoms with van der Waals surface area (Å²) >= 11 is 6.04. The molecule has 0 aliphatic rings. The first-order chi connectivity index (χ1) is 9.65. The second-order valence-electron chi connectivity index (χ2n) is 4.55. The van der Waals surface area contributed by atoms with Gasteiger partial charge in [-0.2, -0.15) is 0 Å². The number of nitrogens with zero attached hydrogens (tertiary/aromatic N) is 2. The predicted octanol–water partition coefficient (Wildman–Crippen LogP) is 4.05. The van der Waals surface area contributed by atoms with Crippen LogP contribution in [0.1, 0.15) is 11.4 Å². The lowest BCUT2D eigenvalue weighted by Gasteiger charge is -2.09. The van der Waals surface area contributed by atoms with E-state index >= 15 is 0 Å². The minimum absolute atomic E-state index is 0.313. The molecule has 2 heterocycles. The summed E-state index contributed by atoms with van der Waals surface area (Å²) in [6, 6.07) is 10.1. The summed E-state index contributed by atoms with van der Waals surface area (Å²) in [5.74, 6) is -0.313. The normalized spacial score (nSPS) is 10.9. The Kier molecular flexibility index (Phi) is 3.32. The van der Waals surface area contributed by atoms with Crippen LogP contribution in [0.4, 0.5) is 10.1 Å². The average Bonchev–Trinajstić information content (AvgIpc) is 2.75. The standard InChI is InChI=1S/C15H13ClFN3/c1-10-14(20-7-3-2-4-15(20)19-10)9-18-13-8-11(17)5-6-12(13)16/h2-8,18H,9H2,1H3. The zero-order valence-corrected chi connectivity index (χ0v) is 11.7. The molecule has 1 aromatic carbocycles. The van der Waals surface area contributed by atoms with E-state index in [1.165, 1.54) is 12.1 Å². The van der Waals surface area contributed by atoms with Gasteiger partial charge in [-0.3, -0.25) is 0 Å². The van der Waals surface area contributed by atoms with E-state index in [0.717, 1.165) is 17.0 Å². The topological polar surface area (TPSA) is 29.3 Å². The third-order valence-corrected chi connectivity index (χ3v) is 3.53. The van der Waals surface area contributed by atoms with E-state index in [0.29, 0.717) is 17.3 Å². The van der Waals surface area contributed by atoms with Crippen molar-refractivity contribution < 1.29 is 4.39 Å².